The Labute approximate surface area is 130 Å². The second-order valence-electron chi connectivity index (χ2n) is 4.82. The fraction of sp³-hybridized carbons (Fsp3) is 0.0588. The maximum absolute atomic E-state index is 13.7. The van der Waals surface area contributed by atoms with Crippen molar-refractivity contribution < 1.29 is 13.6 Å². The van der Waals surface area contributed by atoms with Crippen LogP contribution in [0.1, 0.15) is 10.4 Å². The zero-order valence-corrected chi connectivity index (χ0v) is 12.2. The number of para-hydroxylation sites is 1. The molecule has 2 aromatic carbocycles. The second kappa shape index (κ2) is 5.92. The number of rotatable bonds is 3. The lowest BCUT2D eigenvalue weighted by atomic mass is 10.1. The summed E-state index contributed by atoms with van der Waals surface area (Å²) in [6.07, 6.45) is 0. The molecule has 0 aliphatic heterocycles. The molecule has 0 atom stereocenters. The predicted molar refractivity (Wildman–Crippen MR) is 86.4 cm³/mol. The SMILES string of the molecule is CNc1c(NC(=O)c2ccccc2F)c(=O)oc2ccccc12. The molecule has 6 heteroatoms. The van der Waals surface area contributed by atoms with Crippen molar-refractivity contribution in [1.29, 1.82) is 0 Å². The lowest BCUT2D eigenvalue weighted by molar-refractivity contribution is 0.102. The number of fused-ring (bicyclic) bond motifs is 1. The van der Waals surface area contributed by atoms with E-state index in [1.54, 1.807) is 37.4 Å². The molecule has 2 N–H and O–H groups in total. The summed E-state index contributed by atoms with van der Waals surface area (Å²) in [5, 5.41) is 5.95. The van der Waals surface area contributed by atoms with Crippen molar-refractivity contribution in [3.05, 3.63) is 70.3 Å². The van der Waals surface area contributed by atoms with E-state index in [2.05, 4.69) is 10.6 Å². The summed E-state index contributed by atoms with van der Waals surface area (Å²) in [6.45, 7) is 0. The number of hydrogen-bond acceptors (Lipinski definition) is 4. The van der Waals surface area contributed by atoms with Gasteiger partial charge < -0.3 is 15.1 Å². The fourth-order valence-electron chi connectivity index (χ4n) is 2.35. The van der Waals surface area contributed by atoms with Crippen molar-refractivity contribution in [1.82, 2.24) is 0 Å². The van der Waals surface area contributed by atoms with Gasteiger partial charge >= 0.3 is 5.63 Å². The lowest BCUT2D eigenvalue weighted by Gasteiger charge is -2.12. The van der Waals surface area contributed by atoms with E-state index in [-0.39, 0.29) is 11.3 Å². The molecule has 1 aromatic heterocycles. The Balaban J connectivity index is 2.10. The van der Waals surface area contributed by atoms with Gasteiger partial charge in [0.05, 0.1) is 11.3 Å². The highest BCUT2D eigenvalue weighted by atomic mass is 19.1. The molecule has 0 radical (unpaired) electrons. The molecule has 116 valence electrons. The molecule has 3 rings (SSSR count). The minimum absolute atomic E-state index is 0.0561. The summed E-state index contributed by atoms with van der Waals surface area (Å²) in [4.78, 5) is 24.4. The average molecular weight is 312 g/mol. The molecular weight excluding hydrogens is 299 g/mol. The summed E-state index contributed by atoms with van der Waals surface area (Å²) >= 11 is 0. The second-order valence-corrected chi connectivity index (χ2v) is 4.82. The van der Waals surface area contributed by atoms with E-state index in [1.165, 1.54) is 18.2 Å². The molecule has 0 aliphatic carbocycles. The summed E-state index contributed by atoms with van der Waals surface area (Å²) in [5.41, 5.74) is -0.105. The van der Waals surface area contributed by atoms with Gasteiger partial charge in [0, 0.05) is 12.4 Å². The standard InChI is InChI=1S/C17H13FN2O3/c1-19-14-11-7-3-5-9-13(11)23-17(22)15(14)20-16(21)10-6-2-4-8-12(10)18/h2-9,19H,1H3,(H,20,21). The van der Waals surface area contributed by atoms with Crippen molar-refractivity contribution in [2.45, 2.75) is 0 Å². The van der Waals surface area contributed by atoms with Crippen LogP contribution in [-0.2, 0) is 0 Å². The van der Waals surface area contributed by atoms with Gasteiger partial charge in [-0.2, -0.15) is 0 Å². The summed E-state index contributed by atoms with van der Waals surface area (Å²) < 4.78 is 18.9. The Bertz CT molecular complexity index is 950. The number of halogens is 1. The number of amides is 1. The van der Waals surface area contributed by atoms with Crippen molar-refractivity contribution in [2.75, 3.05) is 17.7 Å². The maximum atomic E-state index is 13.7. The molecule has 1 heterocycles. The van der Waals surface area contributed by atoms with Crippen LogP contribution in [0.5, 0.6) is 0 Å². The first-order chi connectivity index (χ1) is 11.1. The summed E-state index contributed by atoms with van der Waals surface area (Å²) in [5.74, 6) is -1.39. The minimum atomic E-state index is -0.720. The van der Waals surface area contributed by atoms with Crippen LogP contribution in [0.4, 0.5) is 15.8 Å². The smallest absolute Gasteiger partial charge is 0.362 e. The maximum Gasteiger partial charge on any atom is 0.362 e. The molecule has 0 saturated heterocycles. The van der Waals surface area contributed by atoms with E-state index in [0.29, 0.717) is 16.7 Å². The monoisotopic (exact) mass is 312 g/mol. The molecular formula is C17H13FN2O3. The topological polar surface area (TPSA) is 71.3 Å². The van der Waals surface area contributed by atoms with Gasteiger partial charge in [-0.3, -0.25) is 4.79 Å². The zero-order valence-electron chi connectivity index (χ0n) is 12.2. The van der Waals surface area contributed by atoms with Gasteiger partial charge in [0.1, 0.15) is 11.4 Å². The van der Waals surface area contributed by atoms with E-state index in [0.717, 1.165) is 0 Å². The van der Waals surface area contributed by atoms with E-state index in [4.69, 9.17) is 4.42 Å². The van der Waals surface area contributed by atoms with Crippen molar-refractivity contribution in [2.24, 2.45) is 0 Å². The largest absolute Gasteiger partial charge is 0.421 e. The highest BCUT2D eigenvalue weighted by Gasteiger charge is 2.18. The molecule has 3 aromatic rings. The number of nitrogens with one attached hydrogen (secondary N) is 2. The molecule has 0 spiro atoms. The highest BCUT2D eigenvalue weighted by molar-refractivity contribution is 6.08. The number of hydrogen-bond donors (Lipinski definition) is 2. The van der Waals surface area contributed by atoms with Crippen molar-refractivity contribution >= 4 is 28.3 Å². The van der Waals surface area contributed by atoms with E-state index in [9.17, 15) is 14.0 Å². The fourth-order valence-corrected chi connectivity index (χ4v) is 2.35. The van der Waals surface area contributed by atoms with Crippen LogP contribution in [-0.4, -0.2) is 13.0 Å². The van der Waals surface area contributed by atoms with Crippen LogP contribution in [0.3, 0.4) is 0 Å². The number of carbonyl (C=O) groups excluding carboxylic acids is 1. The Morgan fingerprint density at radius 2 is 1.74 bits per heavy atom. The normalized spacial score (nSPS) is 10.5. The van der Waals surface area contributed by atoms with Crippen LogP contribution >= 0.6 is 0 Å². The Morgan fingerprint density at radius 1 is 1.04 bits per heavy atom. The quantitative estimate of drug-likeness (QED) is 0.728. The van der Waals surface area contributed by atoms with Crippen LogP contribution in [0, 0.1) is 5.82 Å². The van der Waals surface area contributed by atoms with Gasteiger partial charge in [0.15, 0.2) is 5.69 Å². The number of benzene rings is 2. The van der Waals surface area contributed by atoms with Gasteiger partial charge in [-0.25, -0.2) is 9.18 Å². The van der Waals surface area contributed by atoms with Gasteiger partial charge in [0.2, 0.25) is 0 Å². The molecule has 5 nitrogen and oxygen atoms in total. The van der Waals surface area contributed by atoms with Crippen LogP contribution in [0.15, 0.2) is 57.7 Å². The first-order valence-electron chi connectivity index (χ1n) is 6.91. The minimum Gasteiger partial charge on any atom is -0.421 e. The van der Waals surface area contributed by atoms with Gasteiger partial charge in [-0.15, -0.1) is 0 Å². The van der Waals surface area contributed by atoms with Crippen molar-refractivity contribution in [3.8, 4) is 0 Å². The lowest BCUT2D eigenvalue weighted by Crippen LogP contribution is -2.20. The Morgan fingerprint density at radius 3 is 2.48 bits per heavy atom. The molecule has 0 fully saturated rings. The van der Waals surface area contributed by atoms with E-state index in [1.807, 2.05) is 0 Å². The molecule has 0 saturated carbocycles. The molecule has 23 heavy (non-hydrogen) atoms. The third-order valence-electron chi connectivity index (χ3n) is 3.42. The summed E-state index contributed by atoms with van der Waals surface area (Å²) in [6, 6.07) is 12.5. The molecule has 0 bridgehead atoms. The molecule has 1 amide bonds. The van der Waals surface area contributed by atoms with Gasteiger partial charge in [0.25, 0.3) is 5.91 Å². The molecule has 0 unspecified atom stereocenters. The van der Waals surface area contributed by atoms with E-state index < -0.39 is 17.3 Å². The predicted octanol–water partition coefficient (Wildman–Crippen LogP) is 3.23. The Kier molecular flexibility index (Phi) is 3.80. The number of carbonyl (C=O) groups is 1. The molecule has 0 aliphatic rings. The average Bonchev–Trinajstić information content (AvgIpc) is 2.55. The number of anilines is 2. The Hall–Kier alpha value is -3.15. The van der Waals surface area contributed by atoms with Crippen LogP contribution < -0.4 is 16.3 Å². The zero-order chi connectivity index (χ0) is 16.4. The van der Waals surface area contributed by atoms with Gasteiger partial charge in [-0.05, 0) is 24.3 Å². The third kappa shape index (κ3) is 2.66. The van der Waals surface area contributed by atoms with Gasteiger partial charge in [-0.1, -0.05) is 24.3 Å². The third-order valence-corrected chi connectivity index (χ3v) is 3.42. The van der Waals surface area contributed by atoms with Crippen LogP contribution in [0.2, 0.25) is 0 Å². The van der Waals surface area contributed by atoms with Crippen molar-refractivity contribution in [3.63, 3.8) is 0 Å². The summed E-state index contributed by atoms with van der Waals surface area (Å²) in [7, 11) is 1.62. The first kappa shape index (κ1) is 14.8. The van der Waals surface area contributed by atoms with E-state index >= 15 is 0 Å². The first-order valence-corrected chi connectivity index (χ1v) is 6.91. The highest BCUT2D eigenvalue weighted by Crippen LogP contribution is 2.28. The van der Waals surface area contributed by atoms with Crippen LogP contribution in [0.25, 0.3) is 11.0 Å².